The maximum atomic E-state index is 12.9. The molecule has 3 rings (SSSR count). The van der Waals surface area contributed by atoms with Crippen molar-refractivity contribution in [3.05, 3.63) is 71.3 Å². The summed E-state index contributed by atoms with van der Waals surface area (Å²) in [6, 6.07) is 16.9. The summed E-state index contributed by atoms with van der Waals surface area (Å²) in [5, 5.41) is 0.144. The maximum absolute atomic E-state index is 12.9. The van der Waals surface area contributed by atoms with Gasteiger partial charge in [0.25, 0.3) is 0 Å². The van der Waals surface area contributed by atoms with E-state index in [0.717, 1.165) is 50.2 Å². The molecule has 1 radical (unpaired) electrons. The van der Waals surface area contributed by atoms with Gasteiger partial charge in [0.05, 0.1) is 5.56 Å². The van der Waals surface area contributed by atoms with Crippen LogP contribution in [0.5, 0.6) is 0 Å². The van der Waals surface area contributed by atoms with E-state index in [2.05, 4.69) is 12.1 Å². The average molecular weight is 483 g/mol. The standard InChI is InChI=1S/C23H25ClF3.Y/c24-22-15-13-19(10-4-8-17-6-2-1-3-7-17)21(22)14-12-18-9-5-11-20(16-18)23(25,26)27;/h1-2,5-7,9,11,16,19,21-22H,4,8,10,12-15H2;/q-1;/t19-,21+,22?;/m0./s1. The molecule has 1 unspecified atom stereocenters. The SMILES string of the molecule is FC(F)(F)c1cccc(CC[C@H]2C(Cl)CC[C@@H]2CCCc2c[c-]ccc2)c1.[Y]. The van der Waals surface area contributed by atoms with E-state index < -0.39 is 11.7 Å². The second-order valence-corrected chi connectivity index (χ2v) is 8.12. The average Bonchev–Trinajstić information content (AvgIpc) is 3.00. The molecule has 0 heterocycles. The Morgan fingerprint density at radius 2 is 1.79 bits per heavy atom. The number of hydrogen-bond acceptors (Lipinski definition) is 0. The molecule has 28 heavy (non-hydrogen) atoms. The predicted octanol–water partition coefficient (Wildman–Crippen LogP) is 7.09. The Morgan fingerprint density at radius 3 is 2.50 bits per heavy atom. The summed E-state index contributed by atoms with van der Waals surface area (Å²) in [4.78, 5) is 0. The van der Waals surface area contributed by atoms with Crippen molar-refractivity contribution < 1.29 is 45.9 Å². The number of hydrogen-bond donors (Lipinski definition) is 0. The van der Waals surface area contributed by atoms with Crippen LogP contribution >= 0.6 is 11.6 Å². The van der Waals surface area contributed by atoms with Gasteiger partial charge in [0.2, 0.25) is 0 Å². The van der Waals surface area contributed by atoms with Gasteiger partial charge < -0.3 is 0 Å². The molecule has 0 aromatic heterocycles. The minimum absolute atomic E-state index is 0. The normalized spacial score (nSPS) is 22.1. The van der Waals surface area contributed by atoms with Crippen LogP contribution in [-0.2, 0) is 51.7 Å². The Bertz CT molecular complexity index is 717. The van der Waals surface area contributed by atoms with Gasteiger partial charge in [-0.15, -0.1) is 11.6 Å². The fourth-order valence-corrected chi connectivity index (χ4v) is 4.72. The van der Waals surface area contributed by atoms with Crippen LogP contribution in [0, 0.1) is 17.9 Å². The van der Waals surface area contributed by atoms with Crippen molar-refractivity contribution in [2.75, 3.05) is 0 Å². The maximum Gasteiger partial charge on any atom is 0.416 e. The van der Waals surface area contributed by atoms with Gasteiger partial charge in [0.15, 0.2) is 0 Å². The molecule has 1 aliphatic rings. The van der Waals surface area contributed by atoms with Gasteiger partial charge in [0.1, 0.15) is 0 Å². The van der Waals surface area contributed by atoms with E-state index in [1.54, 1.807) is 6.07 Å². The summed E-state index contributed by atoms with van der Waals surface area (Å²) < 4.78 is 38.7. The van der Waals surface area contributed by atoms with Crippen LogP contribution in [0.3, 0.4) is 0 Å². The third-order valence-corrected chi connectivity index (χ3v) is 6.26. The van der Waals surface area contributed by atoms with E-state index in [1.165, 1.54) is 17.7 Å². The first-order valence-electron chi connectivity index (χ1n) is 9.68. The fraction of sp³-hybridized carbons (Fsp3) is 0.478. The molecule has 1 fully saturated rings. The Kier molecular flexibility index (Phi) is 9.50. The van der Waals surface area contributed by atoms with Gasteiger partial charge in [-0.05, 0) is 49.1 Å². The second kappa shape index (κ2) is 11.1. The van der Waals surface area contributed by atoms with Crippen molar-refractivity contribution in [3.63, 3.8) is 0 Å². The van der Waals surface area contributed by atoms with Crippen LogP contribution in [0.2, 0.25) is 0 Å². The summed E-state index contributed by atoms with van der Waals surface area (Å²) >= 11 is 6.55. The Labute approximate surface area is 196 Å². The fourth-order valence-electron chi connectivity index (χ4n) is 4.26. The van der Waals surface area contributed by atoms with E-state index in [4.69, 9.17) is 11.6 Å². The van der Waals surface area contributed by atoms with Gasteiger partial charge in [-0.25, -0.2) is 0 Å². The number of aryl methyl sites for hydroxylation is 2. The molecule has 5 heteroatoms. The van der Waals surface area contributed by atoms with Gasteiger partial charge in [-0.3, -0.25) is 0 Å². The van der Waals surface area contributed by atoms with Crippen molar-refractivity contribution >= 4 is 11.6 Å². The summed E-state index contributed by atoms with van der Waals surface area (Å²) in [6.45, 7) is 0. The quantitative estimate of drug-likeness (QED) is 0.292. The van der Waals surface area contributed by atoms with E-state index in [-0.39, 0.29) is 38.1 Å². The molecule has 0 amide bonds. The van der Waals surface area contributed by atoms with Crippen LogP contribution in [0.1, 0.15) is 48.8 Å². The second-order valence-electron chi connectivity index (χ2n) is 7.56. The van der Waals surface area contributed by atoms with Crippen LogP contribution < -0.4 is 0 Å². The number of benzene rings is 2. The largest absolute Gasteiger partial charge is 0.416 e. The van der Waals surface area contributed by atoms with Crippen LogP contribution in [0.15, 0.2) is 48.5 Å². The molecule has 0 nitrogen and oxygen atoms in total. The summed E-state index contributed by atoms with van der Waals surface area (Å²) in [5.41, 5.74) is 1.49. The van der Waals surface area contributed by atoms with Crippen molar-refractivity contribution in [1.29, 1.82) is 0 Å². The van der Waals surface area contributed by atoms with Gasteiger partial charge in [-0.1, -0.05) is 37.5 Å². The first-order valence-corrected chi connectivity index (χ1v) is 10.1. The van der Waals surface area contributed by atoms with E-state index >= 15 is 0 Å². The van der Waals surface area contributed by atoms with E-state index in [1.807, 2.05) is 18.2 Å². The predicted molar refractivity (Wildman–Crippen MR) is 104 cm³/mol. The summed E-state index contributed by atoms with van der Waals surface area (Å²) in [7, 11) is 0. The molecule has 2 aromatic carbocycles. The minimum atomic E-state index is -4.28. The van der Waals surface area contributed by atoms with Crippen LogP contribution in [0.4, 0.5) is 13.2 Å². The molecule has 149 valence electrons. The third-order valence-electron chi connectivity index (χ3n) is 5.72. The molecule has 2 aromatic rings. The zero-order valence-corrected chi connectivity index (χ0v) is 19.5. The van der Waals surface area contributed by atoms with Crippen molar-refractivity contribution in [3.8, 4) is 0 Å². The Morgan fingerprint density at radius 1 is 1.00 bits per heavy atom. The van der Waals surface area contributed by atoms with Crippen molar-refractivity contribution in [2.45, 2.75) is 56.5 Å². The molecule has 0 bridgehead atoms. The summed E-state index contributed by atoms with van der Waals surface area (Å²) in [6.07, 6.45) is 2.66. The third kappa shape index (κ3) is 6.85. The molecular weight excluding hydrogens is 458 g/mol. The Hall–Kier alpha value is -0.376. The van der Waals surface area contributed by atoms with E-state index in [9.17, 15) is 13.2 Å². The van der Waals surface area contributed by atoms with Gasteiger partial charge in [-0.2, -0.15) is 49.1 Å². The minimum Gasteiger partial charge on any atom is -0.184 e. The topological polar surface area (TPSA) is 0 Å². The molecule has 3 atom stereocenters. The van der Waals surface area contributed by atoms with Crippen LogP contribution in [-0.4, -0.2) is 5.38 Å². The van der Waals surface area contributed by atoms with Gasteiger partial charge in [0, 0.05) is 38.1 Å². The number of rotatable bonds is 7. The number of halogens is 4. The Balaban J connectivity index is 0.00000280. The molecule has 0 aliphatic heterocycles. The van der Waals surface area contributed by atoms with Gasteiger partial charge >= 0.3 is 6.18 Å². The zero-order valence-electron chi connectivity index (χ0n) is 15.9. The van der Waals surface area contributed by atoms with E-state index in [0.29, 0.717) is 18.3 Å². The molecule has 1 saturated carbocycles. The van der Waals surface area contributed by atoms with Crippen molar-refractivity contribution in [2.24, 2.45) is 11.8 Å². The zero-order chi connectivity index (χ0) is 19.3. The molecular formula is C23H25ClF3Y-. The molecule has 0 N–H and O–H groups in total. The van der Waals surface area contributed by atoms with Crippen molar-refractivity contribution in [1.82, 2.24) is 0 Å². The first kappa shape index (κ1) is 23.9. The first-order chi connectivity index (χ1) is 12.9. The smallest absolute Gasteiger partial charge is 0.184 e. The van der Waals surface area contributed by atoms with Crippen LogP contribution in [0.25, 0.3) is 0 Å². The monoisotopic (exact) mass is 482 g/mol. The molecule has 0 saturated heterocycles. The molecule has 1 aliphatic carbocycles. The summed E-state index contributed by atoms with van der Waals surface area (Å²) in [5.74, 6) is 0.967. The number of alkyl halides is 4. The molecule has 0 spiro atoms.